The molecule has 148 valence electrons. The summed E-state index contributed by atoms with van der Waals surface area (Å²) >= 11 is 6.23. The first kappa shape index (κ1) is 19.2. The second-order valence-corrected chi connectivity index (χ2v) is 7.94. The maximum absolute atomic E-state index is 12.9. The highest BCUT2D eigenvalue weighted by molar-refractivity contribution is 6.31. The summed E-state index contributed by atoms with van der Waals surface area (Å²) in [6, 6.07) is 5.57. The number of alkyl halides is 3. The number of benzene rings is 1. The van der Waals surface area contributed by atoms with Crippen molar-refractivity contribution in [2.75, 3.05) is 0 Å². The van der Waals surface area contributed by atoms with Crippen LogP contribution >= 0.6 is 11.6 Å². The number of hydrogen-bond donors (Lipinski definition) is 1. The van der Waals surface area contributed by atoms with Crippen LogP contribution in [0, 0.1) is 11.8 Å². The van der Waals surface area contributed by atoms with Crippen LogP contribution in [0.5, 0.6) is 0 Å². The molecule has 1 saturated carbocycles. The molecule has 2 heterocycles. The Morgan fingerprint density at radius 1 is 1.21 bits per heavy atom. The van der Waals surface area contributed by atoms with Gasteiger partial charge in [-0.25, -0.2) is 4.98 Å². The first-order valence-corrected chi connectivity index (χ1v) is 9.90. The summed E-state index contributed by atoms with van der Waals surface area (Å²) in [5, 5.41) is 0.175. The number of imidazole rings is 1. The van der Waals surface area contributed by atoms with Gasteiger partial charge in [-0.1, -0.05) is 31.0 Å². The molecule has 3 aromatic rings. The van der Waals surface area contributed by atoms with E-state index in [0.29, 0.717) is 12.3 Å². The van der Waals surface area contributed by atoms with Crippen LogP contribution in [0.3, 0.4) is 0 Å². The van der Waals surface area contributed by atoms with Gasteiger partial charge in [0.2, 0.25) is 0 Å². The monoisotopic (exact) mass is 407 g/mol. The van der Waals surface area contributed by atoms with Crippen molar-refractivity contribution in [2.45, 2.75) is 44.7 Å². The van der Waals surface area contributed by atoms with Crippen molar-refractivity contribution < 1.29 is 13.2 Å². The Morgan fingerprint density at radius 2 is 2.00 bits per heavy atom. The van der Waals surface area contributed by atoms with Crippen LogP contribution < -0.4 is 0 Å². The van der Waals surface area contributed by atoms with Crippen LogP contribution in [-0.2, 0) is 12.6 Å². The molecule has 0 aliphatic heterocycles. The van der Waals surface area contributed by atoms with Crippen LogP contribution in [0.4, 0.5) is 13.2 Å². The third-order valence-corrected chi connectivity index (χ3v) is 6.06. The van der Waals surface area contributed by atoms with Gasteiger partial charge in [0.05, 0.1) is 23.1 Å². The van der Waals surface area contributed by atoms with E-state index in [2.05, 4.69) is 21.9 Å². The largest absolute Gasteiger partial charge is 0.416 e. The molecule has 7 heteroatoms. The topological polar surface area (TPSA) is 41.6 Å². The molecule has 0 bridgehead atoms. The van der Waals surface area contributed by atoms with Gasteiger partial charge >= 0.3 is 6.18 Å². The molecule has 1 aliphatic carbocycles. The molecule has 2 atom stereocenters. The van der Waals surface area contributed by atoms with Gasteiger partial charge in [-0.15, -0.1) is 0 Å². The summed E-state index contributed by atoms with van der Waals surface area (Å²) in [5.41, 5.74) is 2.86. The molecule has 0 saturated heterocycles. The van der Waals surface area contributed by atoms with Crippen LogP contribution in [0.15, 0.2) is 36.8 Å². The van der Waals surface area contributed by atoms with Gasteiger partial charge in [-0.05, 0) is 54.9 Å². The molecule has 28 heavy (non-hydrogen) atoms. The number of aromatic nitrogens is 3. The highest BCUT2D eigenvalue weighted by Crippen LogP contribution is 2.49. The van der Waals surface area contributed by atoms with Crippen molar-refractivity contribution in [3.05, 3.63) is 58.6 Å². The van der Waals surface area contributed by atoms with Crippen molar-refractivity contribution in [3.8, 4) is 0 Å². The van der Waals surface area contributed by atoms with Gasteiger partial charge in [-0.2, -0.15) is 13.2 Å². The highest BCUT2D eigenvalue weighted by atomic mass is 35.5. The minimum atomic E-state index is -4.39. The fourth-order valence-corrected chi connectivity index (χ4v) is 4.37. The molecule has 0 amide bonds. The standard InChI is InChI=1S/C21H21ClF3N3/c1-2-12(9-14-5-6-15(10-16(14)22)21(23,24)25)18(13-3-4-13)20-19-17(7-8-26-20)27-11-28-19/h5-8,10-13,18H,2-4,9H2,1H3,(H,27,28). The molecule has 0 radical (unpaired) electrons. The number of aromatic amines is 1. The predicted octanol–water partition coefficient (Wildman–Crippen LogP) is 6.39. The summed E-state index contributed by atoms with van der Waals surface area (Å²) in [7, 11) is 0. The quantitative estimate of drug-likeness (QED) is 0.514. The van der Waals surface area contributed by atoms with E-state index in [4.69, 9.17) is 11.6 Å². The summed E-state index contributed by atoms with van der Waals surface area (Å²) in [4.78, 5) is 12.2. The van der Waals surface area contributed by atoms with E-state index in [0.717, 1.165) is 53.7 Å². The van der Waals surface area contributed by atoms with Gasteiger partial charge in [0.15, 0.2) is 0 Å². The summed E-state index contributed by atoms with van der Waals surface area (Å²) in [6.45, 7) is 2.11. The van der Waals surface area contributed by atoms with E-state index in [9.17, 15) is 13.2 Å². The SMILES string of the molecule is CCC(Cc1ccc(C(F)(F)F)cc1Cl)C(c1nccc2[nH]cnc12)C1CC1. The Hall–Kier alpha value is -2.08. The number of nitrogens with one attached hydrogen (secondary N) is 1. The smallest absolute Gasteiger partial charge is 0.344 e. The van der Waals surface area contributed by atoms with E-state index >= 15 is 0 Å². The summed E-state index contributed by atoms with van der Waals surface area (Å²) in [6.07, 6.45) is 2.88. The number of halogens is 4. The number of pyridine rings is 1. The van der Waals surface area contributed by atoms with Gasteiger partial charge < -0.3 is 4.98 Å². The van der Waals surface area contributed by atoms with Crippen LogP contribution in [-0.4, -0.2) is 15.0 Å². The molecular weight excluding hydrogens is 387 g/mol. The van der Waals surface area contributed by atoms with Crippen molar-refractivity contribution in [1.29, 1.82) is 0 Å². The zero-order chi connectivity index (χ0) is 19.9. The van der Waals surface area contributed by atoms with Crippen LogP contribution in [0.1, 0.15) is 48.9 Å². The fraction of sp³-hybridized carbons (Fsp3) is 0.429. The van der Waals surface area contributed by atoms with E-state index in [-0.39, 0.29) is 16.9 Å². The molecule has 3 nitrogen and oxygen atoms in total. The Kier molecular flexibility index (Phi) is 5.08. The lowest BCUT2D eigenvalue weighted by atomic mass is 9.79. The predicted molar refractivity (Wildman–Crippen MR) is 103 cm³/mol. The van der Waals surface area contributed by atoms with Crippen molar-refractivity contribution in [3.63, 3.8) is 0 Å². The lowest BCUT2D eigenvalue weighted by Gasteiger charge is -2.27. The third-order valence-electron chi connectivity index (χ3n) is 5.71. The maximum Gasteiger partial charge on any atom is 0.416 e. The van der Waals surface area contributed by atoms with Crippen LogP contribution in [0.25, 0.3) is 11.0 Å². The number of rotatable bonds is 6. The second kappa shape index (κ2) is 7.39. The molecule has 1 aromatic carbocycles. The highest BCUT2D eigenvalue weighted by Gasteiger charge is 2.39. The molecule has 0 spiro atoms. The number of hydrogen-bond acceptors (Lipinski definition) is 2. The Morgan fingerprint density at radius 3 is 2.64 bits per heavy atom. The van der Waals surface area contributed by atoms with E-state index in [1.807, 2.05) is 6.07 Å². The first-order chi connectivity index (χ1) is 13.4. The lowest BCUT2D eigenvalue weighted by molar-refractivity contribution is -0.137. The molecule has 2 aromatic heterocycles. The molecule has 1 fully saturated rings. The average Bonchev–Trinajstić information content (AvgIpc) is 3.36. The molecular formula is C21H21ClF3N3. The number of fused-ring (bicyclic) bond motifs is 1. The van der Waals surface area contributed by atoms with E-state index in [1.165, 1.54) is 6.07 Å². The zero-order valence-corrected chi connectivity index (χ0v) is 16.2. The van der Waals surface area contributed by atoms with Gasteiger partial charge in [-0.3, -0.25) is 4.98 Å². The van der Waals surface area contributed by atoms with Gasteiger partial charge in [0.25, 0.3) is 0 Å². The minimum absolute atomic E-state index is 0.175. The Bertz CT molecular complexity index is 978. The number of H-pyrrole nitrogens is 1. The Balaban J connectivity index is 1.66. The maximum atomic E-state index is 12.9. The molecule has 4 rings (SSSR count). The van der Waals surface area contributed by atoms with Crippen molar-refractivity contribution in [2.24, 2.45) is 11.8 Å². The average molecular weight is 408 g/mol. The Labute approximate surface area is 166 Å². The minimum Gasteiger partial charge on any atom is -0.344 e. The molecule has 1 N–H and O–H groups in total. The van der Waals surface area contributed by atoms with E-state index in [1.54, 1.807) is 12.5 Å². The van der Waals surface area contributed by atoms with Crippen LogP contribution in [0.2, 0.25) is 5.02 Å². The van der Waals surface area contributed by atoms with E-state index < -0.39 is 11.7 Å². The van der Waals surface area contributed by atoms with Crippen molar-refractivity contribution in [1.82, 2.24) is 15.0 Å². The molecule has 1 aliphatic rings. The van der Waals surface area contributed by atoms with Gasteiger partial charge in [0.1, 0.15) is 5.52 Å². The molecule has 2 unspecified atom stereocenters. The summed E-state index contributed by atoms with van der Waals surface area (Å²) < 4.78 is 38.8. The number of nitrogens with zero attached hydrogens (tertiary/aromatic N) is 2. The normalized spacial score (nSPS) is 17.0. The first-order valence-electron chi connectivity index (χ1n) is 9.52. The second-order valence-electron chi connectivity index (χ2n) is 7.53. The zero-order valence-electron chi connectivity index (χ0n) is 15.4. The lowest BCUT2D eigenvalue weighted by Crippen LogP contribution is -2.19. The summed E-state index contributed by atoms with van der Waals surface area (Å²) in [5.74, 6) is 0.986. The fourth-order valence-electron chi connectivity index (χ4n) is 4.12. The third kappa shape index (κ3) is 3.75. The van der Waals surface area contributed by atoms with Gasteiger partial charge in [0, 0.05) is 17.1 Å². The van der Waals surface area contributed by atoms with Crippen molar-refractivity contribution >= 4 is 22.6 Å².